The average Bonchev–Trinajstić information content (AvgIpc) is 2.68. The monoisotopic (exact) mass is 456 g/mol. The highest BCUT2D eigenvalue weighted by molar-refractivity contribution is 6.32. The highest BCUT2D eigenvalue weighted by Gasteiger charge is 2.62. The van der Waals surface area contributed by atoms with Crippen LogP contribution in [0.25, 0.3) is 10.9 Å². The number of hydrogen-bond donors (Lipinski definition) is 4. The molecule has 4 N–H and O–H groups in total. The maximum Gasteiger partial charge on any atom is 0.419 e. The zero-order valence-corrected chi connectivity index (χ0v) is 16.8. The number of pyridine rings is 1. The molecule has 0 aliphatic heterocycles. The Labute approximate surface area is 178 Å². The number of aromatic hydroxyl groups is 1. The Morgan fingerprint density at radius 3 is 2.58 bits per heavy atom. The minimum Gasteiger partial charge on any atom is -0.506 e. The molecule has 0 saturated carbocycles. The fraction of sp³-hybridized carbons (Fsp3) is 0.286. The number of anilines is 1. The van der Waals surface area contributed by atoms with E-state index < -0.39 is 41.5 Å². The summed E-state index contributed by atoms with van der Waals surface area (Å²) in [5.41, 5.74) is -3.68. The molecule has 2 aromatic carbocycles. The maximum atomic E-state index is 14.2. The number of phenols is 1. The first-order valence-corrected chi connectivity index (χ1v) is 9.70. The van der Waals surface area contributed by atoms with Crippen LogP contribution >= 0.6 is 11.6 Å². The number of rotatable bonds is 2. The second-order valence-corrected chi connectivity index (χ2v) is 8.12. The van der Waals surface area contributed by atoms with E-state index in [2.05, 4.69) is 10.3 Å². The Balaban J connectivity index is 1.94. The van der Waals surface area contributed by atoms with Gasteiger partial charge in [-0.05, 0) is 42.2 Å². The van der Waals surface area contributed by atoms with E-state index in [1.807, 2.05) is 0 Å². The first-order chi connectivity index (χ1) is 14.4. The molecular weight excluding hydrogens is 440 g/mol. The first-order valence-electron chi connectivity index (χ1n) is 9.32. The Morgan fingerprint density at radius 2 is 1.90 bits per heavy atom. The number of aliphatic hydroxyl groups is 1. The summed E-state index contributed by atoms with van der Waals surface area (Å²) in [6.45, 7) is 1.46. The summed E-state index contributed by atoms with van der Waals surface area (Å²) in [6.07, 6.45) is -5.75. The van der Waals surface area contributed by atoms with Gasteiger partial charge in [-0.3, -0.25) is 4.79 Å². The van der Waals surface area contributed by atoms with Crippen LogP contribution in [-0.2, 0) is 0 Å². The maximum absolute atomic E-state index is 14.2. The van der Waals surface area contributed by atoms with Crippen LogP contribution in [0.15, 0.2) is 41.2 Å². The van der Waals surface area contributed by atoms with Crippen molar-refractivity contribution in [2.24, 2.45) is 0 Å². The fourth-order valence-electron chi connectivity index (χ4n) is 4.29. The highest BCUT2D eigenvalue weighted by atomic mass is 35.5. The molecule has 1 aliphatic carbocycles. The van der Waals surface area contributed by atoms with Crippen molar-refractivity contribution in [3.8, 4) is 5.75 Å². The van der Waals surface area contributed by atoms with Gasteiger partial charge in [0.2, 0.25) is 5.56 Å². The van der Waals surface area contributed by atoms with Crippen molar-refractivity contribution in [1.82, 2.24) is 4.98 Å². The topological polar surface area (TPSA) is 85.4 Å². The average molecular weight is 457 g/mol. The second-order valence-electron chi connectivity index (χ2n) is 7.71. The molecule has 4 rings (SSSR count). The van der Waals surface area contributed by atoms with Crippen molar-refractivity contribution in [3.05, 3.63) is 68.7 Å². The van der Waals surface area contributed by atoms with Crippen LogP contribution in [0.3, 0.4) is 0 Å². The summed E-state index contributed by atoms with van der Waals surface area (Å²) in [5, 5.41) is 24.0. The number of aromatic nitrogens is 1. The first kappa shape index (κ1) is 21.5. The minimum atomic E-state index is -5.02. The van der Waals surface area contributed by atoms with Crippen LogP contribution in [0.4, 0.5) is 23.2 Å². The Bertz CT molecular complexity index is 1240. The van der Waals surface area contributed by atoms with Crippen molar-refractivity contribution in [2.75, 3.05) is 5.32 Å². The fourth-order valence-corrected chi connectivity index (χ4v) is 4.45. The van der Waals surface area contributed by atoms with E-state index in [1.165, 1.54) is 31.2 Å². The molecule has 1 aromatic heterocycles. The lowest BCUT2D eigenvalue weighted by Crippen LogP contribution is -2.55. The Morgan fingerprint density at radius 1 is 1.19 bits per heavy atom. The number of alkyl halides is 3. The number of halogens is 5. The van der Waals surface area contributed by atoms with E-state index >= 15 is 0 Å². The molecule has 1 heterocycles. The number of aromatic amines is 1. The molecule has 0 fully saturated rings. The van der Waals surface area contributed by atoms with E-state index in [-0.39, 0.29) is 38.5 Å². The standard InChI is InChI=1S/C21H17ClF4N2O3/c1-9-8-20(31,21(24,25)26)19(11-2-4-12(22)18(30)16(9)11)27-14-6-5-13(23)17-10(14)3-7-15(29)28-17/h2-7,9,19,27,30-31H,8H2,1H3,(H,28,29)/t9-,19-,20+/m1/s1. The van der Waals surface area contributed by atoms with Crippen molar-refractivity contribution in [2.45, 2.75) is 37.1 Å². The quantitative estimate of drug-likeness (QED) is 0.410. The highest BCUT2D eigenvalue weighted by Crippen LogP contribution is 2.55. The molecule has 3 atom stereocenters. The summed E-state index contributed by atoms with van der Waals surface area (Å²) in [7, 11) is 0. The van der Waals surface area contributed by atoms with Crippen LogP contribution in [0.2, 0.25) is 5.02 Å². The molecule has 1 aliphatic rings. The smallest absolute Gasteiger partial charge is 0.419 e. The van der Waals surface area contributed by atoms with Gasteiger partial charge >= 0.3 is 6.18 Å². The summed E-state index contributed by atoms with van der Waals surface area (Å²) in [6, 6.07) is 5.44. The molecule has 0 unspecified atom stereocenters. The number of hydrogen-bond acceptors (Lipinski definition) is 4. The van der Waals surface area contributed by atoms with Gasteiger partial charge in [0.15, 0.2) is 5.60 Å². The van der Waals surface area contributed by atoms with E-state index in [4.69, 9.17) is 11.6 Å². The number of nitrogens with one attached hydrogen (secondary N) is 2. The Hall–Kier alpha value is -2.78. The van der Waals surface area contributed by atoms with E-state index in [1.54, 1.807) is 0 Å². The van der Waals surface area contributed by atoms with Gasteiger partial charge in [-0.2, -0.15) is 13.2 Å². The van der Waals surface area contributed by atoms with Gasteiger partial charge in [-0.1, -0.05) is 24.6 Å². The number of fused-ring (bicyclic) bond motifs is 2. The molecule has 0 saturated heterocycles. The van der Waals surface area contributed by atoms with Gasteiger partial charge in [0.1, 0.15) is 11.6 Å². The van der Waals surface area contributed by atoms with Gasteiger partial charge in [0.05, 0.1) is 16.6 Å². The van der Waals surface area contributed by atoms with E-state index in [0.717, 1.165) is 12.1 Å². The molecular formula is C21H17ClF4N2O3. The third-order valence-corrected chi connectivity index (χ3v) is 6.04. The van der Waals surface area contributed by atoms with E-state index in [9.17, 15) is 32.6 Å². The largest absolute Gasteiger partial charge is 0.506 e. The van der Waals surface area contributed by atoms with Gasteiger partial charge in [-0.15, -0.1) is 0 Å². The molecule has 0 spiro atoms. The minimum absolute atomic E-state index is 0.0161. The lowest BCUT2D eigenvalue weighted by molar-refractivity contribution is -0.272. The zero-order chi connectivity index (χ0) is 22.7. The van der Waals surface area contributed by atoms with Crippen molar-refractivity contribution in [3.63, 3.8) is 0 Å². The van der Waals surface area contributed by atoms with Crippen LogP contribution in [0.5, 0.6) is 5.75 Å². The summed E-state index contributed by atoms with van der Waals surface area (Å²) in [5.74, 6) is -1.96. The summed E-state index contributed by atoms with van der Waals surface area (Å²) >= 11 is 5.96. The van der Waals surface area contributed by atoms with Crippen LogP contribution in [-0.4, -0.2) is 27.0 Å². The van der Waals surface area contributed by atoms with Gasteiger partial charge in [0.25, 0.3) is 0 Å². The van der Waals surface area contributed by atoms with Gasteiger partial charge < -0.3 is 20.5 Å². The molecule has 31 heavy (non-hydrogen) atoms. The van der Waals surface area contributed by atoms with Crippen LogP contribution in [0, 0.1) is 5.82 Å². The predicted octanol–water partition coefficient (Wildman–Crippen LogP) is 4.98. The predicted molar refractivity (Wildman–Crippen MR) is 108 cm³/mol. The number of phenolic OH excluding ortho intramolecular Hbond substituents is 1. The molecule has 10 heteroatoms. The molecule has 3 aromatic rings. The molecule has 164 valence electrons. The van der Waals surface area contributed by atoms with E-state index in [0.29, 0.717) is 0 Å². The van der Waals surface area contributed by atoms with Gasteiger partial charge in [-0.25, -0.2) is 4.39 Å². The van der Waals surface area contributed by atoms with Crippen molar-refractivity contribution >= 4 is 28.2 Å². The molecule has 0 radical (unpaired) electrons. The molecule has 0 bridgehead atoms. The lowest BCUT2D eigenvalue weighted by atomic mass is 9.70. The number of benzene rings is 2. The zero-order valence-electron chi connectivity index (χ0n) is 16.0. The van der Waals surface area contributed by atoms with Crippen LogP contribution < -0.4 is 10.9 Å². The molecule has 0 amide bonds. The molecule has 5 nitrogen and oxygen atoms in total. The van der Waals surface area contributed by atoms with Crippen molar-refractivity contribution < 1.29 is 27.8 Å². The summed E-state index contributed by atoms with van der Waals surface area (Å²) in [4.78, 5) is 13.9. The third kappa shape index (κ3) is 3.32. The lowest BCUT2D eigenvalue weighted by Gasteiger charge is -2.45. The Kier molecular flexibility index (Phi) is 4.94. The van der Waals surface area contributed by atoms with Gasteiger partial charge in [0, 0.05) is 22.7 Å². The second kappa shape index (κ2) is 7.13. The van der Waals surface area contributed by atoms with Crippen molar-refractivity contribution in [1.29, 1.82) is 0 Å². The third-order valence-electron chi connectivity index (χ3n) is 5.74. The summed E-state index contributed by atoms with van der Waals surface area (Å²) < 4.78 is 56.4. The normalized spacial score (nSPS) is 23.6. The SMILES string of the molecule is C[C@@H]1C[C@@](O)(C(F)(F)F)[C@H](Nc2ccc(F)c3[nH]c(=O)ccc23)c2ccc(Cl)c(O)c21. The van der Waals surface area contributed by atoms with Crippen LogP contribution in [0.1, 0.15) is 36.4 Å². The number of H-pyrrole nitrogens is 1.